The molecule has 0 aliphatic heterocycles. The first-order valence-electron chi connectivity index (χ1n) is 8.86. The summed E-state index contributed by atoms with van der Waals surface area (Å²) in [6, 6.07) is 7.61. The predicted molar refractivity (Wildman–Crippen MR) is 95.2 cm³/mol. The molecule has 0 bridgehead atoms. The van der Waals surface area contributed by atoms with E-state index in [0.29, 0.717) is 18.9 Å². The third-order valence-corrected chi connectivity index (χ3v) is 4.56. The zero-order valence-corrected chi connectivity index (χ0v) is 14.5. The summed E-state index contributed by atoms with van der Waals surface area (Å²) in [5, 5.41) is 15.5. The first-order chi connectivity index (χ1) is 12.1. The SMILES string of the molecule is Cc1ccc(-c2nc(CCNC(=O)NC3CCCCC3O)co2)cc1. The molecule has 1 heterocycles. The summed E-state index contributed by atoms with van der Waals surface area (Å²) in [4.78, 5) is 16.4. The second-order valence-corrected chi connectivity index (χ2v) is 6.62. The number of oxazole rings is 1. The van der Waals surface area contributed by atoms with Gasteiger partial charge in [0, 0.05) is 18.5 Å². The van der Waals surface area contributed by atoms with Crippen molar-refractivity contribution in [2.45, 2.75) is 51.2 Å². The highest BCUT2D eigenvalue weighted by Crippen LogP contribution is 2.19. The second-order valence-electron chi connectivity index (χ2n) is 6.62. The topological polar surface area (TPSA) is 87.4 Å². The molecule has 1 aromatic heterocycles. The lowest BCUT2D eigenvalue weighted by Gasteiger charge is -2.28. The van der Waals surface area contributed by atoms with Crippen molar-refractivity contribution < 1.29 is 14.3 Å². The third-order valence-electron chi connectivity index (χ3n) is 4.56. The first-order valence-corrected chi connectivity index (χ1v) is 8.86. The largest absolute Gasteiger partial charge is 0.444 e. The molecule has 0 radical (unpaired) electrons. The normalized spacial score (nSPS) is 20.2. The minimum absolute atomic E-state index is 0.144. The molecule has 3 rings (SSSR count). The minimum Gasteiger partial charge on any atom is -0.444 e. The van der Waals surface area contributed by atoms with Gasteiger partial charge < -0.3 is 20.2 Å². The first kappa shape index (κ1) is 17.5. The predicted octanol–water partition coefficient (Wildman–Crippen LogP) is 2.80. The maximum atomic E-state index is 11.9. The zero-order valence-electron chi connectivity index (χ0n) is 14.5. The molecule has 1 aliphatic rings. The van der Waals surface area contributed by atoms with E-state index in [1.807, 2.05) is 31.2 Å². The number of benzene rings is 1. The Morgan fingerprint density at radius 3 is 2.80 bits per heavy atom. The average molecular weight is 343 g/mol. The molecule has 6 heteroatoms. The maximum Gasteiger partial charge on any atom is 0.315 e. The number of amides is 2. The maximum absolute atomic E-state index is 11.9. The van der Waals surface area contributed by atoms with Crippen LogP contribution in [0.1, 0.15) is 36.9 Å². The van der Waals surface area contributed by atoms with E-state index >= 15 is 0 Å². The Morgan fingerprint density at radius 1 is 1.28 bits per heavy atom. The van der Waals surface area contributed by atoms with Crippen molar-refractivity contribution >= 4 is 6.03 Å². The van der Waals surface area contributed by atoms with Crippen LogP contribution >= 0.6 is 0 Å². The van der Waals surface area contributed by atoms with Gasteiger partial charge in [0.15, 0.2) is 0 Å². The van der Waals surface area contributed by atoms with Gasteiger partial charge in [-0.25, -0.2) is 9.78 Å². The van der Waals surface area contributed by atoms with Crippen molar-refractivity contribution in [3.8, 4) is 11.5 Å². The van der Waals surface area contributed by atoms with E-state index in [2.05, 4.69) is 15.6 Å². The van der Waals surface area contributed by atoms with Crippen LogP contribution in [-0.4, -0.2) is 34.8 Å². The summed E-state index contributed by atoms with van der Waals surface area (Å²) in [5.74, 6) is 0.588. The second kappa shape index (κ2) is 8.16. The molecule has 1 aromatic carbocycles. The van der Waals surface area contributed by atoms with Gasteiger partial charge >= 0.3 is 6.03 Å². The van der Waals surface area contributed by atoms with Crippen LogP contribution in [0.15, 0.2) is 34.9 Å². The van der Waals surface area contributed by atoms with Gasteiger partial charge in [-0.1, -0.05) is 30.5 Å². The summed E-state index contributed by atoms with van der Waals surface area (Å²) in [6.07, 6.45) is 5.44. The molecule has 6 nitrogen and oxygen atoms in total. The van der Waals surface area contributed by atoms with Crippen LogP contribution in [0.3, 0.4) is 0 Å². The van der Waals surface area contributed by atoms with Crippen LogP contribution in [0.5, 0.6) is 0 Å². The Hall–Kier alpha value is -2.34. The van der Waals surface area contributed by atoms with Crippen LogP contribution in [0, 0.1) is 6.92 Å². The number of hydrogen-bond donors (Lipinski definition) is 3. The fourth-order valence-corrected chi connectivity index (χ4v) is 3.05. The third kappa shape index (κ3) is 4.82. The Morgan fingerprint density at radius 2 is 2.04 bits per heavy atom. The van der Waals surface area contributed by atoms with Crippen molar-refractivity contribution in [3.05, 3.63) is 41.8 Å². The lowest BCUT2D eigenvalue weighted by Crippen LogP contribution is -2.49. The summed E-state index contributed by atoms with van der Waals surface area (Å²) >= 11 is 0. The molecule has 25 heavy (non-hydrogen) atoms. The molecule has 0 saturated heterocycles. The van der Waals surface area contributed by atoms with E-state index in [0.717, 1.165) is 36.9 Å². The number of carbonyl (C=O) groups excluding carboxylic acids is 1. The number of rotatable bonds is 5. The van der Waals surface area contributed by atoms with Crippen LogP contribution in [0.4, 0.5) is 4.79 Å². The smallest absolute Gasteiger partial charge is 0.315 e. The number of aromatic nitrogens is 1. The van der Waals surface area contributed by atoms with E-state index in [4.69, 9.17) is 4.42 Å². The fourth-order valence-electron chi connectivity index (χ4n) is 3.05. The van der Waals surface area contributed by atoms with E-state index in [9.17, 15) is 9.90 Å². The minimum atomic E-state index is -0.438. The quantitative estimate of drug-likeness (QED) is 0.779. The van der Waals surface area contributed by atoms with Crippen LogP contribution in [0.2, 0.25) is 0 Å². The summed E-state index contributed by atoms with van der Waals surface area (Å²) in [5.41, 5.74) is 2.93. The zero-order chi connectivity index (χ0) is 17.6. The molecule has 1 aliphatic carbocycles. The van der Waals surface area contributed by atoms with E-state index in [1.165, 1.54) is 5.56 Å². The Kier molecular flexibility index (Phi) is 5.71. The van der Waals surface area contributed by atoms with Gasteiger partial charge in [-0.3, -0.25) is 0 Å². The van der Waals surface area contributed by atoms with Gasteiger partial charge in [0.25, 0.3) is 0 Å². The van der Waals surface area contributed by atoms with Gasteiger partial charge in [0.05, 0.1) is 17.8 Å². The van der Waals surface area contributed by atoms with E-state index < -0.39 is 6.10 Å². The number of carbonyl (C=O) groups is 1. The molecule has 3 N–H and O–H groups in total. The van der Waals surface area contributed by atoms with Gasteiger partial charge in [-0.15, -0.1) is 0 Å². The molecule has 134 valence electrons. The Bertz CT molecular complexity index is 696. The van der Waals surface area contributed by atoms with Gasteiger partial charge in [0.2, 0.25) is 5.89 Å². The van der Waals surface area contributed by atoms with Gasteiger partial charge in [-0.05, 0) is 31.9 Å². The van der Waals surface area contributed by atoms with Crippen molar-refractivity contribution in [1.29, 1.82) is 0 Å². The Labute approximate surface area is 147 Å². The highest BCUT2D eigenvalue weighted by atomic mass is 16.3. The molecule has 1 fully saturated rings. The number of urea groups is 1. The number of aliphatic hydroxyl groups excluding tert-OH is 1. The average Bonchev–Trinajstić information content (AvgIpc) is 3.06. The number of aryl methyl sites for hydroxylation is 1. The van der Waals surface area contributed by atoms with Crippen molar-refractivity contribution in [2.75, 3.05) is 6.54 Å². The Balaban J connectivity index is 1.44. The standard InChI is InChI=1S/C19H25N3O3/c1-13-6-8-14(9-7-13)18-21-15(12-25-18)10-11-20-19(24)22-16-4-2-3-5-17(16)23/h6-9,12,16-17,23H,2-5,10-11H2,1H3,(H2,20,22,24). The molecule has 2 aromatic rings. The number of nitrogens with one attached hydrogen (secondary N) is 2. The summed E-state index contributed by atoms with van der Waals surface area (Å²) in [6.45, 7) is 2.50. The lowest BCUT2D eigenvalue weighted by molar-refractivity contribution is 0.0943. The van der Waals surface area contributed by atoms with Crippen LogP contribution in [-0.2, 0) is 6.42 Å². The van der Waals surface area contributed by atoms with E-state index in [-0.39, 0.29) is 12.1 Å². The summed E-state index contributed by atoms with van der Waals surface area (Å²) < 4.78 is 5.51. The van der Waals surface area contributed by atoms with Crippen molar-refractivity contribution in [2.24, 2.45) is 0 Å². The number of aliphatic hydroxyl groups is 1. The number of nitrogens with zero attached hydrogens (tertiary/aromatic N) is 1. The molecule has 2 atom stereocenters. The van der Waals surface area contributed by atoms with Gasteiger partial charge in [-0.2, -0.15) is 0 Å². The van der Waals surface area contributed by atoms with Gasteiger partial charge in [0.1, 0.15) is 6.26 Å². The molecule has 2 unspecified atom stereocenters. The fraction of sp³-hybridized carbons (Fsp3) is 0.474. The monoisotopic (exact) mass is 343 g/mol. The molecule has 1 saturated carbocycles. The van der Waals surface area contributed by atoms with Crippen LogP contribution in [0.25, 0.3) is 11.5 Å². The lowest BCUT2D eigenvalue weighted by atomic mass is 9.93. The highest BCUT2D eigenvalue weighted by molar-refractivity contribution is 5.74. The molecular weight excluding hydrogens is 318 g/mol. The number of hydrogen-bond acceptors (Lipinski definition) is 4. The summed E-state index contributed by atoms with van der Waals surface area (Å²) in [7, 11) is 0. The van der Waals surface area contributed by atoms with Crippen LogP contribution < -0.4 is 10.6 Å². The molecular formula is C19H25N3O3. The van der Waals surface area contributed by atoms with Crippen molar-refractivity contribution in [3.63, 3.8) is 0 Å². The highest BCUT2D eigenvalue weighted by Gasteiger charge is 2.24. The van der Waals surface area contributed by atoms with Crippen molar-refractivity contribution in [1.82, 2.24) is 15.6 Å². The van der Waals surface area contributed by atoms with E-state index in [1.54, 1.807) is 6.26 Å². The molecule has 2 amide bonds. The molecule has 0 spiro atoms.